The molecule has 1 heterocycles. The first-order chi connectivity index (χ1) is 9.43. The van der Waals surface area contributed by atoms with Crippen LogP contribution in [-0.2, 0) is 4.79 Å². The molecule has 2 rings (SSSR count). The molecule has 110 valence electrons. The van der Waals surface area contributed by atoms with Crippen LogP contribution in [0, 0.1) is 6.92 Å². The van der Waals surface area contributed by atoms with Crippen LogP contribution in [0.15, 0.2) is 27.6 Å². The van der Waals surface area contributed by atoms with Crippen LogP contribution in [0.2, 0.25) is 0 Å². The molecule has 0 bridgehead atoms. The van der Waals surface area contributed by atoms with Crippen LogP contribution in [0.5, 0.6) is 0 Å². The molecule has 1 aromatic rings. The first-order valence-corrected chi connectivity index (χ1v) is 8.60. The Morgan fingerprint density at radius 1 is 1.50 bits per heavy atom. The number of β-amino-alcohol motifs (C(OH)–C–C–N with tert-alkyl or cyclic N) is 1. The van der Waals surface area contributed by atoms with Crippen molar-refractivity contribution < 1.29 is 9.90 Å². The van der Waals surface area contributed by atoms with Crippen molar-refractivity contribution in [3.05, 3.63) is 28.2 Å². The highest BCUT2D eigenvalue weighted by Crippen LogP contribution is 2.29. The summed E-state index contributed by atoms with van der Waals surface area (Å²) < 4.78 is 1.05. The van der Waals surface area contributed by atoms with Crippen molar-refractivity contribution in [1.29, 1.82) is 0 Å². The van der Waals surface area contributed by atoms with Gasteiger partial charge in [0, 0.05) is 9.37 Å². The zero-order valence-corrected chi connectivity index (χ0v) is 14.3. The van der Waals surface area contributed by atoms with Gasteiger partial charge in [0.15, 0.2) is 0 Å². The summed E-state index contributed by atoms with van der Waals surface area (Å²) in [6.45, 7) is 5.06. The topological polar surface area (TPSA) is 40.5 Å². The van der Waals surface area contributed by atoms with E-state index in [1.54, 1.807) is 16.7 Å². The SMILES string of the molecule is CCCC1(O)CN(C(=O)CSc2ccc(Br)cc2C)C1. The second kappa shape index (κ2) is 6.50. The normalized spacial score (nSPS) is 16.9. The highest BCUT2D eigenvalue weighted by atomic mass is 79.9. The Morgan fingerprint density at radius 3 is 2.80 bits per heavy atom. The van der Waals surface area contributed by atoms with Crippen LogP contribution in [0.1, 0.15) is 25.3 Å². The molecule has 0 spiro atoms. The zero-order valence-electron chi connectivity index (χ0n) is 11.9. The molecular weight excluding hydrogens is 338 g/mol. The Bertz CT molecular complexity index is 501. The smallest absolute Gasteiger partial charge is 0.233 e. The number of halogens is 1. The number of carbonyl (C=O) groups excluding carboxylic acids is 1. The summed E-state index contributed by atoms with van der Waals surface area (Å²) in [4.78, 5) is 14.9. The van der Waals surface area contributed by atoms with Crippen molar-refractivity contribution >= 4 is 33.6 Å². The summed E-state index contributed by atoms with van der Waals surface area (Å²) in [6.07, 6.45) is 1.72. The number of hydrogen-bond donors (Lipinski definition) is 1. The Morgan fingerprint density at radius 2 is 2.20 bits per heavy atom. The molecular formula is C15H20BrNO2S. The highest BCUT2D eigenvalue weighted by molar-refractivity contribution is 9.10. The third-order valence-electron chi connectivity index (χ3n) is 3.53. The van der Waals surface area contributed by atoms with E-state index in [4.69, 9.17) is 0 Å². The van der Waals surface area contributed by atoms with Crippen molar-refractivity contribution in [2.24, 2.45) is 0 Å². The van der Waals surface area contributed by atoms with Crippen LogP contribution in [0.25, 0.3) is 0 Å². The van der Waals surface area contributed by atoms with Gasteiger partial charge in [-0.15, -0.1) is 11.8 Å². The van der Waals surface area contributed by atoms with Crippen molar-refractivity contribution in [3.8, 4) is 0 Å². The van der Waals surface area contributed by atoms with E-state index in [9.17, 15) is 9.90 Å². The number of aryl methyl sites for hydroxylation is 1. The van der Waals surface area contributed by atoms with Gasteiger partial charge >= 0.3 is 0 Å². The van der Waals surface area contributed by atoms with Gasteiger partial charge in [0.05, 0.1) is 24.4 Å². The van der Waals surface area contributed by atoms with Gasteiger partial charge in [0.2, 0.25) is 5.91 Å². The van der Waals surface area contributed by atoms with E-state index in [0.29, 0.717) is 18.8 Å². The lowest BCUT2D eigenvalue weighted by atomic mass is 9.89. The summed E-state index contributed by atoms with van der Waals surface area (Å²) >= 11 is 5.00. The maximum atomic E-state index is 12.1. The summed E-state index contributed by atoms with van der Waals surface area (Å²) in [5.74, 6) is 0.545. The molecule has 1 aliphatic heterocycles. The molecule has 0 aliphatic carbocycles. The van der Waals surface area contributed by atoms with E-state index < -0.39 is 5.60 Å². The minimum Gasteiger partial charge on any atom is -0.386 e. The molecule has 1 aliphatic rings. The van der Waals surface area contributed by atoms with E-state index >= 15 is 0 Å². The van der Waals surface area contributed by atoms with Gasteiger partial charge in [0.25, 0.3) is 0 Å². The van der Waals surface area contributed by atoms with Gasteiger partial charge in [-0.25, -0.2) is 0 Å². The highest BCUT2D eigenvalue weighted by Gasteiger charge is 2.42. The molecule has 1 fully saturated rings. The molecule has 1 saturated heterocycles. The molecule has 0 aromatic heterocycles. The number of amides is 1. The number of rotatable bonds is 5. The zero-order chi connectivity index (χ0) is 14.8. The Balaban J connectivity index is 1.82. The number of likely N-dealkylation sites (tertiary alicyclic amines) is 1. The molecule has 0 unspecified atom stereocenters. The van der Waals surface area contributed by atoms with Gasteiger partial charge in [-0.2, -0.15) is 0 Å². The number of nitrogens with zero attached hydrogens (tertiary/aromatic N) is 1. The van der Waals surface area contributed by atoms with Crippen LogP contribution in [-0.4, -0.2) is 40.4 Å². The largest absolute Gasteiger partial charge is 0.386 e. The maximum Gasteiger partial charge on any atom is 0.233 e. The fourth-order valence-corrected chi connectivity index (χ4v) is 3.86. The van der Waals surface area contributed by atoms with Gasteiger partial charge in [-0.1, -0.05) is 29.3 Å². The lowest BCUT2D eigenvalue weighted by Crippen LogP contribution is -2.63. The summed E-state index contributed by atoms with van der Waals surface area (Å²) in [6, 6.07) is 6.07. The third kappa shape index (κ3) is 3.77. The molecule has 5 heteroatoms. The predicted octanol–water partition coefficient (Wildman–Crippen LogP) is 3.22. The molecule has 0 saturated carbocycles. The minimum absolute atomic E-state index is 0.109. The fourth-order valence-electron chi connectivity index (χ4n) is 2.47. The number of thioether (sulfide) groups is 1. The van der Waals surface area contributed by atoms with Crippen molar-refractivity contribution in [2.45, 2.75) is 37.2 Å². The van der Waals surface area contributed by atoms with E-state index in [1.807, 2.05) is 19.1 Å². The number of benzene rings is 1. The molecule has 0 atom stereocenters. The molecule has 1 N–H and O–H groups in total. The van der Waals surface area contributed by atoms with Crippen LogP contribution in [0.4, 0.5) is 0 Å². The van der Waals surface area contributed by atoms with Gasteiger partial charge in [-0.05, 0) is 37.1 Å². The van der Waals surface area contributed by atoms with Crippen molar-refractivity contribution in [1.82, 2.24) is 4.90 Å². The number of hydrogen-bond acceptors (Lipinski definition) is 3. The molecule has 20 heavy (non-hydrogen) atoms. The fraction of sp³-hybridized carbons (Fsp3) is 0.533. The average Bonchev–Trinajstić information content (AvgIpc) is 2.34. The molecule has 1 amide bonds. The lowest BCUT2D eigenvalue weighted by Gasteiger charge is -2.46. The summed E-state index contributed by atoms with van der Waals surface area (Å²) in [5, 5.41) is 10.1. The Hall–Kier alpha value is -0.520. The first kappa shape index (κ1) is 15.9. The molecule has 1 aromatic carbocycles. The monoisotopic (exact) mass is 357 g/mol. The van der Waals surface area contributed by atoms with E-state index in [0.717, 1.165) is 22.2 Å². The third-order valence-corrected chi connectivity index (χ3v) is 5.18. The van der Waals surface area contributed by atoms with Gasteiger partial charge in [-0.3, -0.25) is 4.79 Å². The summed E-state index contributed by atoms with van der Waals surface area (Å²) in [7, 11) is 0. The van der Waals surface area contributed by atoms with E-state index in [1.165, 1.54) is 5.56 Å². The van der Waals surface area contributed by atoms with Crippen molar-refractivity contribution in [2.75, 3.05) is 18.8 Å². The average molecular weight is 358 g/mol. The second-order valence-electron chi connectivity index (χ2n) is 5.42. The number of aliphatic hydroxyl groups is 1. The minimum atomic E-state index is -0.636. The van der Waals surface area contributed by atoms with Crippen LogP contribution < -0.4 is 0 Å². The molecule has 3 nitrogen and oxygen atoms in total. The Kier molecular flexibility index (Phi) is 5.15. The predicted molar refractivity (Wildman–Crippen MR) is 86.0 cm³/mol. The lowest BCUT2D eigenvalue weighted by molar-refractivity contribution is -0.153. The number of carbonyl (C=O) groups is 1. The quantitative estimate of drug-likeness (QED) is 0.822. The Labute approximate surface area is 132 Å². The first-order valence-electron chi connectivity index (χ1n) is 6.82. The maximum absolute atomic E-state index is 12.1. The van der Waals surface area contributed by atoms with E-state index in [-0.39, 0.29) is 5.91 Å². The second-order valence-corrected chi connectivity index (χ2v) is 7.36. The van der Waals surface area contributed by atoms with Gasteiger partial charge in [0.1, 0.15) is 0 Å². The van der Waals surface area contributed by atoms with Gasteiger partial charge < -0.3 is 10.0 Å². The standard InChI is InChI=1S/C15H20BrNO2S/c1-3-6-15(19)9-17(10-15)14(18)8-20-13-5-4-12(16)7-11(13)2/h4-5,7,19H,3,6,8-10H2,1-2H3. The van der Waals surface area contributed by atoms with Crippen LogP contribution in [0.3, 0.4) is 0 Å². The van der Waals surface area contributed by atoms with Crippen LogP contribution >= 0.6 is 27.7 Å². The van der Waals surface area contributed by atoms with E-state index in [2.05, 4.69) is 28.9 Å². The molecule has 0 radical (unpaired) electrons. The van der Waals surface area contributed by atoms with Crippen molar-refractivity contribution in [3.63, 3.8) is 0 Å². The summed E-state index contributed by atoms with van der Waals surface area (Å²) in [5.41, 5.74) is 0.533.